The van der Waals surface area contributed by atoms with Crippen LogP contribution in [-0.4, -0.2) is 19.1 Å². The molecule has 0 radical (unpaired) electrons. The topological polar surface area (TPSA) is 142 Å². The summed E-state index contributed by atoms with van der Waals surface area (Å²) in [5.74, 6) is 0. The first-order valence-corrected chi connectivity index (χ1v) is 12.7. The fourth-order valence-electron chi connectivity index (χ4n) is 3.76. The van der Waals surface area contributed by atoms with Gasteiger partial charge in [-0.2, -0.15) is 24.5 Å². The van der Waals surface area contributed by atoms with Crippen molar-refractivity contribution < 1.29 is 91.2 Å². The van der Waals surface area contributed by atoms with Crippen LogP contribution >= 0.6 is 19.2 Å². The molecule has 17 heteroatoms. The standard InChI is InChI=1S/C22H14F3N4O6PS.2Na/c23-22(24,25)13-2-1-3-14(8-13)29-19-15(20(30)28(21(29)31)11-35-36(32,33)34)9-26-17-5-4-16(27-18(17)19)12-6-7-37-10-12;;/h1-10H,11H2,(H2,32,33,34);;/q;2*+1/p-2. The molecule has 10 nitrogen and oxygen atoms in total. The van der Waals surface area contributed by atoms with Gasteiger partial charge in [-0.1, -0.05) is 6.07 Å². The quantitative estimate of drug-likeness (QED) is 0.117. The van der Waals surface area contributed by atoms with E-state index in [1.165, 1.54) is 17.4 Å². The van der Waals surface area contributed by atoms with Crippen molar-refractivity contribution in [2.45, 2.75) is 12.9 Å². The number of phosphoric acid groups is 1. The molecule has 0 unspecified atom stereocenters. The SMILES string of the molecule is O=c1c2cnc3ccc(-c4ccsc4)nc3c2n(-c2cccc(C(F)(F)F)c2)c(=O)n1COP(=O)([O-])[O-].[Na+].[Na+]. The van der Waals surface area contributed by atoms with Gasteiger partial charge >= 0.3 is 71.0 Å². The monoisotopic (exact) mass is 594 g/mol. The number of nitrogens with zero attached hydrogens (tertiary/aromatic N) is 4. The van der Waals surface area contributed by atoms with Crippen LogP contribution in [0.4, 0.5) is 13.2 Å². The van der Waals surface area contributed by atoms with Crippen molar-refractivity contribution >= 4 is 41.1 Å². The van der Waals surface area contributed by atoms with E-state index in [0.29, 0.717) is 11.8 Å². The van der Waals surface area contributed by atoms with Crippen molar-refractivity contribution in [1.82, 2.24) is 19.1 Å². The van der Waals surface area contributed by atoms with Crippen molar-refractivity contribution in [2.75, 3.05) is 0 Å². The third-order valence-corrected chi connectivity index (χ3v) is 6.52. The summed E-state index contributed by atoms with van der Waals surface area (Å²) >= 11 is 1.40. The van der Waals surface area contributed by atoms with Crippen molar-refractivity contribution in [3.05, 3.63) is 85.8 Å². The molecule has 39 heavy (non-hydrogen) atoms. The van der Waals surface area contributed by atoms with Crippen molar-refractivity contribution in [2.24, 2.45) is 0 Å². The molecule has 0 aliphatic carbocycles. The molecule has 5 aromatic rings. The Kier molecular flexibility index (Phi) is 9.84. The summed E-state index contributed by atoms with van der Waals surface area (Å²) < 4.78 is 56.6. The summed E-state index contributed by atoms with van der Waals surface area (Å²) in [6, 6.07) is 8.78. The summed E-state index contributed by atoms with van der Waals surface area (Å²) in [6.45, 7) is -1.28. The third-order valence-electron chi connectivity index (χ3n) is 5.40. The molecule has 0 amide bonds. The van der Waals surface area contributed by atoms with E-state index in [-0.39, 0.29) is 91.3 Å². The second-order valence-corrected chi connectivity index (χ2v) is 9.63. The van der Waals surface area contributed by atoms with Gasteiger partial charge in [-0.25, -0.2) is 14.3 Å². The predicted molar refractivity (Wildman–Crippen MR) is 124 cm³/mol. The van der Waals surface area contributed by atoms with E-state index in [2.05, 4.69) is 14.5 Å². The van der Waals surface area contributed by atoms with Crippen LogP contribution < -0.4 is 80.2 Å². The minimum Gasteiger partial charge on any atom is -0.790 e. The molecule has 190 valence electrons. The van der Waals surface area contributed by atoms with E-state index in [4.69, 9.17) is 0 Å². The van der Waals surface area contributed by atoms with Crippen LogP contribution in [0.25, 0.3) is 38.9 Å². The number of rotatable bonds is 5. The van der Waals surface area contributed by atoms with E-state index < -0.39 is 37.5 Å². The van der Waals surface area contributed by atoms with Gasteiger partial charge in [0, 0.05) is 17.1 Å². The molecule has 0 N–H and O–H groups in total. The van der Waals surface area contributed by atoms with Gasteiger partial charge < -0.3 is 18.9 Å². The van der Waals surface area contributed by atoms with E-state index in [9.17, 15) is 37.1 Å². The Balaban J connectivity index is 0.00000210. The summed E-state index contributed by atoms with van der Waals surface area (Å²) in [7, 11) is -5.61. The van der Waals surface area contributed by atoms with Gasteiger partial charge in [-0.15, -0.1) is 0 Å². The first kappa shape index (κ1) is 31.8. The first-order chi connectivity index (χ1) is 17.4. The zero-order valence-corrected chi connectivity index (χ0v) is 25.9. The molecular weight excluding hydrogens is 582 g/mol. The van der Waals surface area contributed by atoms with Crippen molar-refractivity contribution in [1.29, 1.82) is 0 Å². The zero-order valence-electron chi connectivity index (χ0n) is 20.2. The van der Waals surface area contributed by atoms with E-state index in [0.717, 1.165) is 28.5 Å². The van der Waals surface area contributed by atoms with E-state index >= 15 is 0 Å². The largest absolute Gasteiger partial charge is 1.00 e. The number of alkyl halides is 3. The van der Waals surface area contributed by atoms with Gasteiger partial charge in [-0.3, -0.25) is 14.3 Å². The summed E-state index contributed by atoms with van der Waals surface area (Å²) in [6.07, 6.45) is -3.67. The molecule has 0 aliphatic heterocycles. The predicted octanol–water partition coefficient (Wildman–Crippen LogP) is -3.35. The number of benzene rings is 1. The molecule has 0 atom stereocenters. The van der Waals surface area contributed by atoms with Crippen LogP contribution in [0, 0.1) is 0 Å². The fraction of sp³-hybridized carbons (Fsp3) is 0.0909. The molecular formula is C22H12F3N4Na2O6PS. The Morgan fingerprint density at radius 1 is 1.08 bits per heavy atom. The van der Waals surface area contributed by atoms with Crippen LogP contribution in [0.2, 0.25) is 0 Å². The molecule has 1 aromatic carbocycles. The summed E-state index contributed by atoms with van der Waals surface area (Å²) in [5, 5.41) is 3.35. The first-order valence-electron chi connectivity index (χ1n) is 10.3. The summed E-state index contributed by atoms with van der Waals surface area (Å²) in [5.41, 5.74) is -2.39. The second-order valence-electron chi connectivity index (χ2n) is 7.70. The van der Waals surface area contributed by atoms with Gasteiger partial charge in [0.15, 0.2) is 0 Å². The van der Waals surface area contributed by atoms with Crippen LogP contribution in [0.15, 0.2) is 69.0 Å². The molecule has 5 rings (SSSR count). The Labute approximate surface area is 264 Å². The Morgan fingerprint density at radius 3 is 2.46 bits per heavy atom. The number of hydrogen-bond acceptors (Lipinski definition) is 9. The van der Waals surface area contributed by atoms with Crippen LogP contribution in [0.1, 0.15) is 5.56 Å². The van der Waals surface area contributed by atoms with Crippen LogP contribution in [-0.2, 0) is 22.0 Å². The van der Waals surface area contributed by atoms with Gasteiger partial charge in [0.2, 0.25) is 0 Å². The number of halogens is 3. The number of aromatic nitrogens is 4. The zero-order chi connectivity index (χ0) is 26.5. The number of thiophene rings is 1. The maximum atomic E-state index is 13.5. The Morgan fingerprint density at radius 2 is 1.82 bits per heavy atom. The molecule has 0 spiro atoms. The maximum Gasteiger partial charge on any atom is 1.00 e. The van der Waals surface area contributed by atoms with Crippen LogP contribution in [0.3, 0.4) is 0 Å². The van der Waals surface area contributed by atoms with Crippen molar-refractivity contribution in [3.63, 3.8) is 0 Å². The van der Waals surface area contributed by atoms with Gasteiger partial charge in [0.25, 0.3) is 5.56 Å². The minimum absolute atomic E-state index is 0. The number of hydrogen-bond donors (Lipinski definition) is 0. The molecule has 4 heterocycles. The minimum atomic E-state index is -5.61. The molecule has 0 saturated heterocycles. The van der Waals surface area contributed by atoms with Gasteiger partial charge in [0.1, 0.15) is 12.2 Å². The van der Waals surface area contributed by atoms with E-state index in [1.54, 1.807) is 23.6 Å². The number of pyridine rings is 2. The number of fused-ring (bicyclic) bond motifs is 3. The van der Waals surface area contributed by atoms with Gasteiger partial charge in [0.05, 0.1) is 41.2 Å². The van der Waals surface area contributed by atoms with Gasteiger partial charge in [-0.05, 0) is 41.8 Å². The molecule has 0 fully saturated rings. The fourth-order valence-corrected chi connectivity index (χ4v) is 4.67. The van der Waals surface area contributed by atoms with Crippen LogP contribution in [0.5, 0.6) is 0 Å². The molecule has 0 aliphatic rings. The molecule has 4 aromatic heterocycles. The smallest absolute Gasteiger partial charge is 0.790 e. The second kappa shape index (κ2) is 12.0. The third kappa shape index (κ3) is 6.47. The number of phosphoric ester groups is 1. The molecule has 0 saturated carbocycles. The molecule has 0 bridgehead atoms. The van der Waals surface area contributed by atoms with E-state index in [1.807, 2.05) is 5.38 Å². The average molecular weight is 594 g/mol. The Bertz CT molecular complexity index is 1840. The van der Waals surface area contributed by atoms with Crippen molar-refractivity contribution in [3.8, 4) is 16.9 Å². The maximum absolute atomic E-state index is 13.5. The average Bonchev–Trinajstić information content (AvgIpc) is 3.37. The normalized spacial score (nSPS) is 11.8. The Hall–Kier alpha value is -1.68. The summed E-state index contributed by atoms with van der Waals surface area (Å²) in [4.78, 5) is 57.4.